The van der Waals surface area contributed by atoms with Crippen LogP contribution in [0.3, 0.4) is 0 Å². The number of hydrogen-bond acceptors (Lipinski definition) is 6. The molecule has 0 saturated heterocycles. The number of likely N-dealkylation sites (N-methyl/N-ethyl adjacent to an activating group) is 1. The van der Waals surface area contributed by atoms with E-state index in [1.807, 2.05) is 0 Å². The standard InChI is InChI=1S/C20H14F4N6O2/c1-29(15-7-32-17-9(15)2-3-10(16(17)21)20(22,23)24)19(31)11-4-13-12(5-27-11)28-18(25)14-6-26-8-30(13)14/h2-6,8,15H,7H2,1H3,(H2,25,28). The topological polar surface area (TPSA) is 98.6 Å². The minimum absolute atomic E-state index is 0.0578. The predicted octanol–water partition coefficient (Wildman–Crippen LogP) is 3.22. The molecule has 0 bridgehead atoms. The third-order valence-electron chi connectivity index (χ3n) is 5.45. The second kappa shape index (κ2) is 6.77. The van der Waals surface area contributed by atoms with E-state index in [0.29, 0.717) is 22.6 Å². The van der Waals surface area contributed by atoms with Crippen molar-refractivity contribution in [2.24, 2.45) is 0 Å². The molecule has 4 aromatic rings. The number of nitrogen functional groups attached to an aromatic ring is 1. The van der Waals surface area contributed by atoms with Gasteiger partial charge in [-0.25, -0.2) is 19.3 Å². The zero-order chi connectivity index (χ0) is 22.8. The van der Waals surface area contributed by atoms with Crippen LogP contribution in [0.1, 0.15) is 27.7 Å². The van der Waals surface area contributed by atoms with E-state index >= 15 is 0 Å². The summed E-state index contributed by atoms with van der Waals surface area (Å²) in [4.78, 5) is 26.8. The molecule has 3 aromatic heterocycles. The monoisotopic (exact) mass is 446 g/mol. The molecule has 2 N–H and O–H groups in total. The summed E-state index contributed by atoms with van der Waals surface area (Å²) in [7, 11) is 1.45. The van der Waals surface area contributed by atoms with Crippen LogP contribution in [0.2, 0.25) is 0 Å². The van der Waals surface area contributed by atoms with Gasteiger partial charge < -0.3 is 15.4 Å². The van der Waals surface area contributed by atoms with Crippen molar-refractivity contribution < 1.29 is 27.1 Å². The number of hydrogen-bond donors (Lipinski definition) is 1. The third-order valence-corrected chi connectivity index (χ3v) is 5.45. The number of carbonyl (C=O) groups excluding carboxylic acids is 1. The fourth-order valence-electron chi connectivity index (χ4n) is 3.79. The number of aromatic nitrogens is 4. The average molecular weight is 446 g/mol. The number of amides is 1. The second-order valence-electron chi connectivity index (χ2n) is 7.29. The highest BCUT2D eigenvalue weighted by molar-refractivity contribution is 5.96. The number of carbonyl (C=O) groups is 1. The maximum atomic E-state index is 14.4. The molecule has 0 aliphatic carbocycles. The van der Waals surface area contributed by atoms with Crippen LogP contribution in [0, 0.1) is 5.82 Å². The number of alkyl halides is 3. The van der Waals surface area contributed by atoms with Crippen molar-refractivity contribution in [1.29, 1.82) is 0 Å². The lowest BCUT2D eigenvalue weighted by molar-refractivity contribution is -0.140. The largest absolute Gasteiger partial charge is 0.488 e. The first kappa shape index (κ1) is 20.0. The van der Waals surface area contributed by atoms with Gasteiger partial charge in [-0.3, -0.25) is 9.20 Å². The number of benzene rings is 1. The first-order chi connectivity index (χ1) is 15.2. The quantitative estimate of drug-likeness (QED) is 0.475. The molecule has 0 saturated carbocycles. The number of pyridine rings is 1. The highest BCUT2D eigenvalue weighted by atomic mass is 19.4. The maximum Gasteiger partial charge on any atom is 0.419 e. The molecule has 32 heavy (non-hydrogen) atoms. The second-order valence-corrected chi connectivity index (χ2v) is 7.29. The van der Waals surface area contributed by atoms with Crippen LogP contribution >= 0.6 is 0 Å². The van der Waals surface area contributed by atoms with Crippen LogP contribution in [0.5, 0.6) is 5.75 Å². The van der Waals surface area contributed by atoms with Crippen molar-refractivity contribution in [3.05, 3.63) is 59.6 Å². The summed E-state index contributed by atoms with van der Waals surface area (Å²) in [6.07, 6.45) is -0.407. The molecule has 0 fully saturated rings. The van der Waals surface area contributed by atoms with E-state index in [1.54, 1.807) is 4.40 Å². The Morgan fingerprint density at radius 3 is 2.81 bits per heavy atom. The maximum absolute atomic E-state index is 14.4. The van der Waals surface area contributed by atoms with Gasteiger partial charge in [0.15, 0.2) is 11.6 Å². The van der Waals surface area contributed by atoms with Crippen molar-refractivity contribution in [2.75, 3.05) is 19.4 Å². The van der Waals surface area contributed by atoms with E-state index in [-0.39, 0.29) is 23.7 Å². The first-order valence-corrected chi connectivity index (χ1v) is 9.33. The molecule has 164 valence electrons. The summed E-state index contributed by atoms with van der Waals surface area (Å²) in [6.45, 7) is -0.187. The van der Waals surface area contributed by atoms with Gasteiger partial charge in [-0.05, 0) is 12.1 Å². The molecular weight excluding hydrogens is 432 g/mol. The summed E-state index contributed by atoms with van der Waals surface area (Å²) in [6, 6.07) is 2.50. The first-order valence-electron chi connectivity index (χ1n) is 9.33. The molecule has 8 nitrogen and oxygen atoms in total. The van der Waals surface area contributed by atoms with Gasteiger partial charge in [-0.1, -0.05) is 6.07 Å². The van der Waals surface area contributed by atoms with Crippen molar-refractivity contribution >= 4 is 28.3 Å². The van der Waals surface area contributed by atoms with Gasteiger partial charge in [0, 0.05) is 12.6 Å². The van der Waals surface area contributed by atoms with Crippen LogP contribution < -0.4 is 10.5 Å². The van der Waals surface area contributed by atoms with E-state index in [2.05, 4.69) is 15.0 Å². The van der Waals surface area contributed by atoms with Crippen LogP contribution in [-0.4, -0.2) is 43.8 Å². The molecular formula is C20H14F4N6O2. The Morgan fingerprint density at radius 2 is 2.06 bits per heavy atom. The average Bonchev–Trinajstić information content (AvgIpc) is 3.40. The molecule has 12 heteroatoms. The van der Waals surface area contributed by atoms with Crippen molar-refractivity contribution in [3.8, 4) is 5.75 Å². The van der Waals surface area contributed by atoms with Crippen molar-refractivity contribution in [1.82, 2.24) is 24.3 Å². The van der Waals surface area contributed by atoms with E-state index in [4.69, 9.17) is 10.5 Å². The summed E-state index contributed by atoms with van der Waals surface area (Å²) < 4.78 is 60.1. The summed E-state index contributed by atoms with van der Waals surface area (Å²) in [5.41, 5.74) is 6.24. The Morgan fingerprint density at radius 1 is 1.28 bits per heavy atom. The number of ether oxygens (including phenoxy) is 1. The van der Waals surface area contributed by atoms with Crippen molar-refractivity contribution in [3.63, 3.8) is 0 Å². The van der Waals surface area contributed by atoms with Gasteiger partial charge in [-0.15, -0.1) is 0 Å². The number of halogens is 4. The zero-order valence-corrected chi connectivity index (χ0v) is 16.4. The number of anilines is 1. The van der Waals surface area contributed by atoms with Crippen molar-refractivity contribution in [2.45, 2.75) is 12.2 Å². The van der Waals surface area contributed by atoms with Gasteiger partial charge in [0.2, 0.25) is 0 Å². The normalized spacial score (nSPS) is 15.7. The zero-order valence-electron chi connectivity index (χ0n) is 16.4. The highest BCUT2D eigenvalue weighted by Crippen LogP contribution is 2.43. The number of nitrogens with two attached hydrogens (primary N) is 1. The smallest absolute Gasteiger partial charge is 0.419 e. The minimum Gasteiger partial charge on any atom is -0.488 e. The number of rotatable bonds is 2. The summed E-state index contributed by atoms with van der Waals surface area (Å²) in [5.74, 6) is -2.27. The molecule has 4 heterocycles. The Labute approximate surface area is 177 Å². The molecule has 1 atom stereocenters. The predicted molar refractivity (Wildman–Crippen MR) is 104 cm³/mol. The van der Waals surface area contributed by atoms with Crippen LogP contribution in [0.15, 0.2) is 36.9 Å². The lowest BCUT2D eigenvalue weighted by Crippen LogP contribution is -2.32. The number of fused-ring (bicyclic) bond motifs is 4. The Bertz CT molecular complexity index is 1400. The van der Waals surface area contributed by atoms with Crippen LogP contribution in [0.25, 0.3) is 16.6 Å². The van der Waals surface area contributed by atoms with Gasteiger partial charge in [0.05, 0.1) is 35.8 Å². The molecule has 0 radical (unpaired) electrons. The van der Waals surface area contributed by atoms with Crippen LogP contribution in [0.4, 0.5) is 23.4 Å². The van der Waals surface area contributed by atoms with E-state index in [1.165, 1.54) is 36.7 Å². The molecule has 1 unspecified atom stereocenters. The third kappa shape index (κ3) is 2.90. The SMILES string of the molecule is CN(C(=O)c1cc2c(cn1)nc(N)c1cncn12)C1COc2c1ccc(C(F)(F)F)c2F. The lowest BCUT2D eigenvalue weighted by Gasteiger charge is -2.23. The van der Waals surface area contributed by atoms with Gasteiger partial charge in [0.25, 0.3) is 5.91 Å². The molecule has 1 aliphatic heterocycles. The van der Waals surface area contributed by atoms with Gasteiger partial charge >= 0.3 is 6.18 Å². The molecule has 1 aromatic carbocycles. The highest BCUT2D eigenvalue weighted by Gasteiger charge is 2.40. The molecule has 1 amide bonds. The minimum atomic E-state index is -4.85. The molecule has 1 aliphatic rings. The van der Waals surface area contributed by atoms with E-state index < -0.39 is 35.3 Å². The molecule has 5 rings (SSSR count). The Balaban J connectivity index is 1.51. The Hall–Kier alpha value is -3.96. The fourth-order valence-corrected chi connectivity index (χ4v) is 3.79. The van der Waals surface area contributed by atoms with Crippen LogP contribution in [-0.2, 0) is 6.18 Å². The number of imidazole rings is 1. The van der Waals surface area contributed by atoms with E-state index in [9.17, 15) is 22.4 Å². The summed E-state index contributed by atoms with van der Waals surface area (Å²) in [5, 5.41) is 0. The van der Waals surface area contributed by atoms with Gasteiger partial charge in [0.1, 0.15) is 29.2 Å². The number of nitrogens with zero attached hydrogens (tertiary/aromatic N) is 5. The molecule has 0 spiro atoms. The van der Waals surface area contributed by atoms with Gasteiger partial charge in [-0.2, -0.15) is 13.2 Å². The fraction of sp³-hybridized carbons (Fsp3) is 0.200. The lowest BCUT2D eigenvalue weighted by atomic mass is 10.0. The summed E-state index contributed by atoms with van der Waals surface area (Å²) >= 11 is 0. The van der Waals surface area contributed by atoms with E-state index in [0.717, 1.165) is 6.07 Å². The Kier molecular flexibility index (Phi) is 4.23.